The number of nitrogens with zero attached hydrogens (tertiary/aromatic N) is 2. The first-order chi connectivity index (χ1) is 11.0. The molecule has 0 bridgehead atoms. The van der Waals surface area contributed by atoms with Crippen LogP contribution in [0.4, 0.5) is 4.79 Å². The largest absolute Gasteiger partial charge is 0.327 e. The number of amides is 3. The predicted octanol–water partition coefficient (Wildman–Crippen LogP) is 3.16. The van der Waals surface area contributed by atoms with E-state index >= 15 is 0 Å². The van der Waals surface area contributed by atoms with Crippen LogP contribution in [0.5, 0.6) is 0 Å². The van der Waals surface area contributed by atoms with E-state index in [1.807, 2.05) is 12.3 Å². The smallest absolute Gasteiger partial charge is 0.313 e. The SMILES string of the molecule is CN1C(=O)N(CC(=O)c2ccsc2)C(=O)C1(C)C1CCCCC1. The highest BCUT2D eigenvalue weighted by molar-refractivity contribution is 7.08. The third-order valence-electron chi connectivity index (χ3n) is 5.44. The Bertz CT molecular complexity index is 622. The van der Waals surface area contributed by atoms with Crippen molar-refractivity contribution < 1.29 is 14.4 Å². The molecule has 2 fully saturated rings. The Morgan fingerprint density at radius 3 is 2.61 bits per heavy atom. The fourth-order valence-electron chi connectivity index (χ4n) is 3.79. The van der Waals surface area contributed by atoms with Gasteiger partial charge in [0.05, 0.1) is 6.54 Å². The van der Waals surface area contributed by atoms with E-state index in [4.69, 9.17) is 0 Å². The number of rotatable bonds is 4. The lowest BCUT2D eigenvalue weighted by molar-refractivity contribution is -0.135. The van der Waals surface area contributed by atoms with E-state index in [2.05, 4.69) is 0 Å². The number of carbonyl (C=O) groups is 3. The number of likely N-dealkylation sites (N-methyl/N-ethyl adjacent to an activating group) is 1. The van der Waals surface area contributed by atoms with E-state index in [1.165, 1.54) is 17.8 Å². The maximum absolute atomic E-state index is 13.0. The molecule has 1 saturated carbocycles. The second kappa shape index (κ2) is 6.07. The van der Waals surface area contributed by atoms with Crippen LogP contribution < -0.4 is 0 Å². The lowest BCUT2D eigenvalue weighted by Gasteiger charge is -2.38. The lowest BCUT2D eigenvalue weighted by Crippen LogP contribution is -2.52. The van der Waals surface area contributed by atoms with E-state index in [0.717, 1.165) is 30.6 Å². The highest BCUT2D eigenvalue weighted by atomic mass is 32.1. The molecule has 1 aliphatic carbocycles. The number of thiophene rings is 1. The summed E-state index contributed by atoms with van der Waals surface area (Å²) in [5.74, 6) is -0.228. The first kappa shape index (κ1) is 16.2. The molecule has 23 heavy (non-hydrogen) atoms. The molecular weight excluding hydrogens is 312 g/mol. The number of urea groups is 1. The fourth-order valence-corrected chi connectivity index (χ4v) is 4.45. The van der Waals surface area contributed by atoms with Crippen molar-refractivity contribution >= 4 is 29.1 Å². The summed E-state index contributed by atoms with van der Waals surface area (Å²) in [4.78, 5) is 40.5. The van der Waals surface area contributed by atoms with Gasteiger partial charge in [-0.2, -0.15) is 11.3 Å². The molecule has 2 aliphatic rings. The number of Topliss-reactive ketones (excluding diaryl/α,β-unsaturated/α-hetero) is 1. The Kier molecular flexibility index (Phi) is 4.27. The summed E-state index contributed by atoms with van der Waals surface area (Å²) >= 11 is 1.43. The average molecular weight is 334 g/mol. The fraction of sp³-hybridized carbons (Fsp3) is 0.588. The molecule has 1 unspecified atom stereocenters. The zero-order valence-corrected chi connectivity index (χ0v) is 14.4. The third-order valence-corrected chi connectivity index (χ3v) is 6.12. The van der Waals surface area contributed by atoms with Crippen LogP contribution in [0.25, 0.3) is 0 Å². The van der Waals surface area contributed by atoms with Gasteiger partial charge in [0.1, 0.15) is 5.54 Å². The van der Waals surface area contributed by atoms with Crippen LogP contribution in [0.15, 0.2) is 16.8 Å². The normalized spacial score (nSPS) is 26.2. The second-order valence-corrected chi connectivity index (χ2v) is 7.43. The van der Waals surface area contributed by atoms with Crippen LogP contribution in [0, 0.1) is 5.92 Å². The van der Waals surface area contributed by atoms with E-state index in [1.54, 1.807) is 23.4 Å². The Hall–Kier alpha value is -1.69. The van der Waals surface area contributed by atoms with Crippen molar-refractivity contribution in [1.29, 1.82) is 0 Å². The van der Waals surface area contributed by atoms with Crippen molar-refractivity contribution in [2.24, 2.45) is 5.92 Å². The molecule has 3 amide bonds. The standard InChI is InChI=1S/C17H22N2O3S/c1-17(13-6-4-3-5-7-13)15(21)19(16(22)18(17)2)10-14(20)12-8-9-23-11-12/h8-9,11,13H,3-7,10H2,1-2H3. The average Bonchev–Trinajstić information content (AvgIpc) is 3.16. The van der Waals surface area contributed by atoms with E-state index in [0.29, 0.717) is 5.56 Å². The van der Waals surface area contributed by atoms with Gasteiger partial charge < -0.3 is 4.90 Å². The third kappa shape index (κ3) is 2.59. The van der Waals surface area contributed by atoms with Gasteiger partial charge in [-0.3, -0.25) is 14.5 Å². The summed E-state index contributed by atoms with van der Waals surface area (Å²) in [6.45, 7) is 1.69. The molecule has 6 heteroatoms. The molecule has 5 nitrogen and oxygen atoms in total. The van der Waals surface area contributed by atoms with Crippen LogP contribution in [0.3, 0.4) is 0 Å². The Morgan fingerprint density at radius 1 is 1.30 bits per heavy atom. The van der Waals surface area contributed by atoms with Crippen molar-refractivity contribution in [1.82, 2.24) is 9.80 Å². The predicted molar refractivity (Wildman–Crippen MR) is 88.5 cm³/mol. The van der Waals surface area contributed by atoms with Gasteiger partial charge in [0.25, 0.3) is 5.91 Å². The monoisotopic (exact) mass is 334 g/mol. The van der Waals surface area contributed by atoms with Crippen molar-refractivity contribution in [3.8, 4) is 0 Å². The minimum absolute atomic E-state index is 0.166. The maximum atomic E-state index is 13.0. The summed E-state index contributed by atoms with van der Waals surface area (Å²) in [5, 5.41) is 3.57. The van der Waals surface area contributed by atoms with Crippen molar-refractivity contribution in [2.45, 2.75) is 44.6 Å². The molecule has 124 valence electrons. The summed E-state index contributed by atoms with van der Waals surface area (Å²) in [6, 6.07) is 1.37. The van der Waals surface area contributed by atoms with Gasteiger partial charge in [-0.1, -0.05) is 19.3 Å². The van der Waals surface area contributed by atoms with Crippen LogP contribution >= 0.6 is 11.3 Å². The summed E-state index contributed by atoms with van der Waals surface area (Å²) in [5.41, 5.74) is -0.253. The molecular formula is C17H22N2O3S. The van der Waals surface area contributed by atoms with E-state index in [9.17, 15) is 14.4 Å². The molecule has 0 spiro atoms. The van der Waals surface area contributed by atoms with Gasteiger partial charge in [0.15, 0.2) is 5.78 Å². The van der Waals surface area contributed by atoms with Crippen molar-refractivity contribution in [2.75, 3.05) is 13.6 Å². The van der Waals surface area contributed by atoms with Gasteiger partial charge in [0, 0.05) is 18.0 Å². The number of imide groups is 1. The minimum Gasteiger partial charge on any atom is -0.313 e. The summed E-state index contributed by atoms with van der Waals surface area (Å²) in [6.07, 6.45) is 5.32. The molecule has 0 radical (unpaired) electrons. The first-order valence-corrected chi connectivity index (χ1v) is 9.05. The Labute approximate surface area is 140 Å². The number of ketones is 1. The molecule has 1 aromatic heterocycles. The number of hydrogen-bond donors (Lipinski definition) is 0. The number of carbonyl (C=O) groups excluding carboxylic acids is 3. The summed E-state index contributed by atoms with van der Waals surface area (Å²) in [7, 11) is 1.68. The summed E-state index contributed by atoms with van der Waals surface area (Å²) < 4.78 is 0. The van der Waals surface area contributed by atoms with Crippen LogP contribution in [-0.2, 0) is 4.79 Å². The van der Waals surface area contributed by atoms with Gasteiger partial charge in [-0.25, -0.2) is 4.79 Å². The van der Waals surface area contributed by atoms with Crippen LogP contribution in [0.1, 0.15) is 49.4 Å². The molecule has 0 aromatic carbocycles. The van der Waals surface area contributed by atoms with Gasteiger partial charge in [-0.05, 0) is 37.1 Å². The Morgan fingerprint density at radius 2 is 2.00 bits per heavy atom. The molecule has 1 aromatic rings. The molecule has 2 heterocycles. The van der Waals surface area contributed by atoms with Crippen molar-refractivity contribution in [3.05, 3.63) is 22.4 Å². The second-order valence-electron chi connectivity index (χ2n) is 6.65. The zero-order chi connectivity index (χ0) is 16.6. The van der Waals surface area contributed by atoms with Gasteiger partial charge in [0.2, 0.25) is 0 Å². The molecule has 1 saturated heterocycles. The van der Waals surface area contributed by atoms with E-state index in [-0.39, 0.29) is 30.2 Å². The first-order valence-electron chi connectivity index (χ1n) is 8.11. The minimum atomic E-state index is -0.813. The van der Waals surface area contributed by atoms with Gasteiger partial charge >= 0.3 is 6.03 Å². The van der Waals surface area contributed by atoms with Crippen LogP contribution in [0.2, 0.25) is 0 Å². The molecule has 1 aliphatic heterocycles. The van der Waals surface area contributed by atoms with Gasteiger partial charge in [-0.15, -0.1) is 0 Å². The topological polar surface area (TPSA) is 57.7 Å². The highest BCUT2D eigenvalue weighted by Gasteiger charge is 2.56. The molecule has 0 N–H and O–H groups in total. The molecule has 1 atom stereocenters. The highest BCUT2D eigenvalue weighted by Crippen LogP contribution is 2.40. The van der Waals surface area contributed by atoms with Crippen LogP contribution in [-0.4, -0.2) is 46.7 Å². The quantitative estimate of drug-likeness (QED) is 0.628. The molecule has 3 rings (SSSR count). The lowest BCUT2D eigenvalue weighted by atomic mass is 9.75. The zero-order valence-electron chi connectivity index (χ0n) is 13.6. The maximum Gasteiger partial charge on any atom is 0.327 e. The Balaban J connectivity index is 1.81. The van der Waals surface area contributed by atoms with E-state index < -0.39 is 5.54 Å². The number of hydrogen-bond acceptors (Lipinski definition) is 4. The van der Waals surface area contributed by atoms with Crippen molar-refractivity contribution in [3.63, 3.8) is 0 Å².